The van der Waals surface area contributed by atoms with Gasteiger partial charge in [0.05, 0.1) is 32.6 Å². The minimum atomic E-state index is -1.79. The Morgan fingerprint density at radius 2 is 1.73 bits per heavy atom. The Bertz CT molecular complexity index is 1280. The fourth-order valence-electron chi connectivity index (χ4n) is 3.90. The normalized spacial score (nSPS) is 12.7. The Balaban J connectivity index is 1.82. The number of rotatable bonds is 12. The maximum atomic E-state index is 13.5. The number of hydrogen-bond donors (Lipinski definition) is 1. The van der Waals surface area contributed by atoms with Crippen LogP contribution in [0, 0.1) is 0 Å². The van der Waals surface area contributed by atoms with Crippen LogP contribution in [0.1, 0.15) is 72.4 Å². The van der Waals surface area contributed by atoms with Crippen LogP contribution in [0.3, 0.4) is 0 Å². The van der Waals surface area contributed by atoms with Crippen LogP contribution >= 0.6 is 0 Å². The van der Waals surface area contributed by atoms with Gasteiger partial charge in [0.25, 0.3) is 0 Å². The molecule has 0 aliphatic rings. The molecule has 1 aromatic carbocycles. The molecule has 1 amide bonds. The first kappa shape index (κ1) is 32.6. The van der Waals surface area contributed by atoms with E-state index in [0.29, 0.717) is 50.2 Å². The van der Waals surface area contributed by atoms with E-state index >= 15 is 0 Å². The van der Waals surface area contributed by atoms with Gasteiger partial charge in [-0.25, -0.2) is 9.78 Å². The summed E-state index contributed by atoms with van der Waals surface area (Å²) < 4.78 is 19.6. The van der Waals surface area contributed by atoms with Gasteiger partial charge in [0.1, 0.15) is 17.2 Å². The molecule has 9 nitrogen and oxygen atoms in total. The third-order valence-corrected chi connectivity index (χ3v) is 11.8. The molecule has 0 aliphatic carbocycles. The molecule has 0 radical (unpaired) electrons. The molecule has 2 aromatic heterocycles. The Morgan fingerprint density at radius 1 is 1.05 bits per heavy atom. The summed E-state index contributed by atoms with van der Waals surface area (Å²) >= 11 is 0. The number of nitrogens with zero attached hydrogens (tertiary/aromatic N) is 4. The van der Waals surface area contributed by atoms with Gasteiger partial charge in [-0.2, -0.15) is 9.61 Å². The van der Waals surface area contributed by atoms with Crippen molar-refractivity contribution in [2.75, 3.05) is 36.6 Å². The number of amides is 1. The Labute approximate surface area is 246 Å². The van der Waals surface area contributed by atoms with Crippen molar-refractivity contribution in [3.05, 3.63) is 53.7 Å². The maximum absolute atomic E-state index is 13.5. The second-order valence-electron chi connectivity index (χ2n) is 13.2. The van der Waals surface area contributed by atoms with Crippen LogP contribution in [0.5, 0.6) is 0 Å². The van der Waals surface area contributed by atoms with Crippen LogP contribution in [0.2, 0.25) is 18.1 Å². The number of carbonyl (C=O) groups is 1. The molecule has 0 bridgehead atoms. The van der Waals surface area contributed by atoms with Crippen LogP contribution < -0.4 is 10.2 Å². The standard InChI is InChI=1S/C31H49N5O4Si/c1-23(2)25-21-33-36-27(35(29(37)40-30(3,4)5)22-24-14-12-11-13-15-24)20-26(34-28(25)36)32-16-17-38-18-19-39-41(9,10)31(6,7)8/h11-15,20-21,23H,16-19,22H2,1-10H3,(H,32,34). The Kier molecular flexibility index (Phi) is 10.6. The van der Waals surface area contributed by atoms with Gasteiger partial charge in [-0.3, -0.25) is 4.90 Å². The molecular formula is C31H49N5O4Si. The van der Waals surface area contributed by atoms with Gasteiger partial charge in [-0.1, -0.05) is 65.0 Å². The number of hydrogen-bond acceptors (Lipinski definition) is 7. The van der Waals surface area contributed by atoms with Gasteiger partial charge in [-0.05, 0) is 50.4 Å². The van der Waals surface area contributed by atoms with Crippen molar-refractivity contribution in [2.45, 2.75) is 91.6 Å². The molecular weight excluding hydrogens is 534 g/mol. The number of ether oxygens (including phenoxy) is 2. The van der Waals surface area contributed by atoms with Crippen LogP contribution in [-0.4, -0.2) is 61.0 Å². The second-order valence-corrected chi connectivity index (χ2v) is 18.0. The van der Waals surface area contributed by atoms with Crippen molar-refractivity contribution < 1.29 is 18.7 Å². The predicted molar refractivity (Wildman–Crippen MR) is 168 cm³/mol. The smallest absolute Gasteiger partial charge is 0.416 e. The zero-order chi connectivity index (χ0) is 30.4. The second kappa shape index (κ2) is 13.4. The molecule has 3 rings (SSSR count). The minimum Gasteiger partial charge on any atom is -0.443 e. The van der Waals surface area contributed by atoms with E-state index in [9.17, 15) is 4.79 Å². The minimum absolute atomic E-state index is 0.173. The Hall–Kier alpha value is -2.95. The van der Waals surface area contributed by atoms with Crippen molar-refractivity contribution in [3.8, 4) is 0 Å². The molecule has 3 aromatic rings. The average molecular weight is 584 g/mol. The van der Waals surface area contributed by atoms with Crippen molar-refractivity contribution >= 4 is 31.7 Å². The van der Waals surface area contributed by atoms with Crippen molar-refractivity contribution in [1.29, 1.82) is 0 Å². The molecule has 1 N–H and O–H groups in total. The SMILES string of the molecule is CC(C)c1cnn2c(N(Cc3ccccc3)C(=O)OC(C)(C)C)cc(NCCOCCO[Si](C)(C)C(C)(C)C)nc12. The molecule has 41 heavy (non-hydrogen) atoms. The van der Waals surface area contributed by atoms with E-state index in [1.54, 1.807) is 9.42 Å². The number of nitrogens with one attached hydrogen (secondary N) is 1. The van der Waals surface area contributed by atoms with Gasteiger partial charge in [0, 0.05) is 18.2 Å². The lowest BCUT2D eigenvalue weighted by Crippen LogP contribution is -2.41. The van der Waals surface area contributed by atoms with E-state index in [0.717, 1.165) is 11.1 Å². The fraction of sp³-hybridized carbons (Fsp3) is 0.581. The molecule has 0 aliphatic heterocycles. The monoisotopic (exact) mass is 583 g/mol. The van der Waals surface area contributed by atoms with E-state index in [1.807, 2.05) is 63.4 Å². The fourth-order valence-corrected chi connectivity index (χ4v) is 4.93. The Morgan fingerprint density at radius 3 is 2.34 bits per heavy atom. The van der Waals surface area contributed by atoms with Crippen molar-refractivity contribution in [2.24, 2.45) is 0 Å². The first-order valence-electron chi connectivity index (χ1n) is 14.5. The summed E-state index contributed by atoms with van der Waals surface area (Å²) in [5.41, 5.74) is 2.02. The first-order valence-corrected chi connectivity index (χ1v) is 17.4. The van der Waals surface area contributed by atoms with Crippen LogP contribution in [-0.2, 0) is 20.4 Å². The average Bonchev–Trinajstić information content (AvgIpc) is 3.29. The lowest BCUT2D eigenvalue weighted by atomic mass is 10.1. The summed E-state index contributed by atoms with van der Waals surface area (Å²) in [5, 5.41) is 8.19. The molecule has 226 valence electrons. The van der Waals surface area contributed by atoms with E-state index in [2.05, 4.69) is 58.1 Å². The highest BCUT2D eigenvalue weighted by Crippen LogP contribution is 2.36. The summed E-state index contributed by atoms with van der Waals surface area (Å²) in [5.74, 6) is 1.42. The van der Waals surface area contributed by atoms with Crippen molar-refractivity contribution in [3.63, 3.8) is 0 Å². The molecule has 0 spiro atoms. The highest BCUT2D eigenvalue weighted by atomic mass is 28.4. The third-order valence-electron chi connectivity index (χ3n) is 7.23. The molecule has 0 saturated heterocycles. The highest BCUT2D eigenvalue weighted by molar-refractivity contribution is 6.74. The van der Waals surface area contributed by atoms with Gasteiger partial charge in [-0.15, -0.1) is 0 Å². The lowest BCUT2D eigenvalue weighted by Gasteiger charge is -2.36. The molecule has 0 saturated carbocycles. The summed E-state index contributed by atoms with van der Waals surface area (Å²) in [6.07, 6.45) is 1.37. The lowest BCUT2D eigenvalue weighted by molar-refractivity contribution is 0.0575. The number of anilines is 2. The van der Waals surface area contributed by atoms with Gasteiger partial charge in [0.15, 0.2) is 14.0 Å². The number of aromatic nitrogens is 3. The van der Waals surface area contributed by atoms with Crippen LogP contribution in [0.25, 0.3) is 5.65 Å². The zero-order valence-corrected chi connectivity index (χ0v) is 27.6. The number of fused-ring (bicyclic) bond motifs is 1. The predicted octanol–water partition coefficient (Wildman–Crippen LogP) is 7.24. The molecule has 2 heterocycles. The van der Waals surface area contributed by atoms with E-state index < -0.39 is 20.0 Å². The molecule has 0 fully saturated rings. The molecule has 0 atom stereocenters. The molecule has 0 unspecified atom stereocenters. The quantitative estimate of drug-likeness (QED) is 0.177. The largest absolute Gasteiger partial charge is 0.443 e. The first-order chi connectivity index (χ1) is 19.1. The number of benzene rings is 1. The maximum Gasteiger partial charge on any atom is 0.416 e. The van der Waals surface area contributed by atoms with Crippen molar-refractivity contribution in [1.82, 2.24) is 14.6 Å². The summed E-state index contributed by atoms with van der Waals surface area (Å²) in [4.78, 5) is 20.0. The number of carbonyl (C=O) groups excluding carboxylic acids is 1. The summed E-state index contributed by atoms with van der Waals surface area (Å²) in [6.45, 7) is 23.5. The zero-order valence-electron chi connectivity index (χ0n) is 26.6. The summed E-state index contributed by atoms with van der Waals surface area (Å²) in [7, 11) is -1.79. The van der Waals surface area contributed by atoms with E-state index in [-0.39, 0.29) is 11.0 Å². The summed E-state index contributed by atoms with van der Waals surface area (Å²) in [6, 6.07) is 11.7. The van der Waals surface area contributed by atoms with E-state index in [1.165, 1.54) is 0 Å². The topological polar surface area (TPSA) is 90.2 Å². The third kappa shape index (κ3) is 9.01. The van der Waals surface area contributed by atoms with Crippen LogP contribution in [0.4, 0.5) is 16.4 Å². The van der Waals surface area contributed by atoms with Gasteiger partial charge >= 0.3 is 6.09 Å². The van der Waals surface area contributed by atoms with Gasteiger partial charge in [0.2, 0.25) is 0 Å². The van der Waals surface area contributed by atoms with Gasteiger partial charge < -0.3 is 19.2 Å². The van der Waals surface area contributed by atoms with E-state index in [4.69, 9.17) is 18.9 Å². The van der Waals surface area contributed by atoms with Crippen LogP contribution in [0.15, 0.2) is 42.6 Å². The highest BCUT2D eigenvalue weighted by Gasteiger charge is 2.36. The molecule has 10 heteroatoms.